The summed E-state index contributed by atoms with van der Waals surface area (Å²) in [5.74, 6) is -0.869. The summed E-state index contributed by atoms with van der Waals surface area (Å²) >= 11 is 0. The number of rotatable bonds is 5. The van der Waals surface area contributed by atoms with Crippen LogP contribution in [0.3, 0.4) is 0 Å². The first-order chi connectivity index (χ1) is 14.5. The molecule has 2 amide bonds. The monoisotopic (exact) mass is 397 g/mol. The van der Waals surface area contributed by atoms with Crippen LogP contribution in [0, 0.1) is 13.8 Å². The van der Waals surface area contributed by atoms with Crippen molar-refractivity contribution in [2.75, 3.05) is 0 Å². The first kappa shape index (κ1) is 19.7. The maximum absolute atomic E-state index is 13.1. The number of nitrogens with zero attached hydrogens (tertiary/aromatic N) is 3. The highest BCUT2D eigenvalue weighted by atomic mass is 16.2. The molecule has 5 heteroatoms. The second-order valence-electron chi connectivity index (χ2n) is 7.66. The lowest BCUT2D eigenvalue weighted by Gasteiger charge is -2.16. The molecule has 1 aliphatic rings. The van der Waals surface area contributed by atoms with E-state index in [1.807, 2.05) is 86.6 Å². The number of carbonyl (C=O) groups is 2. The van der Waals surface area contributed by atoms with Gasteiger partial charge in [-0.15, -0.1) is 0 Å². The van der Waals surface area contributed by atoms with Gasteiger partial charge in [-0.2, -0.15) is 10.2 Å². The predicted octanol–water partition coefficient (Wildman–Crippen LogP) is 5.76. The van der Waals surface area contributed by atoms with Crippen LogP contribution in [-0.4, -0.2) is 16.7 Å². The zero-order valence-electron chi connectivity index (χ0n) is 17.1. The number of azo groups is 1. The number of hydrogen-bond donors (Lipinski definition) is 0. The van der Waals surface area contributed by atoms with E-state index in [1.165, 1.54) is 4.90 Å². The molecule has 0 radical (unpaired) electrons. The molecule has 0 aromatic heterocycles. The standard InChI is InChI=1S/C25H23N3O2/c1-17-8-11-20(12-9-17)26-27-23-13-10-18(2)14-21(23)22-15-24(29)28(25(22)30)16-19-6-4-3-5-7-19/h3-14,22H,15-16H2,1-2H3. The van der Waals surface area contributed by atoms with Gasteiger partial charge in [0.05, 0.1) is 23.8 Å². The molecule has 1 aliphatic heterocycles. The van der Waals surface area contributed by atoms with Crippen molar-refractivity contribution in [2.45, 2.75) is 32.7 Å². The summed E-state index contributed by atoms with van der Waals surface area (Å²) in [6.07, 6.45) is 0.155. The Labute approximate surface area is 176 Å². The fourth-order valence-corrected chi connectivity index (χ4v) is 3.63. The molecule has 1 fully saturated rings. The Kier molecular flexibility index (Phi) is 5.53. The van der Waals surface area contributed by atoms with Crippen molar-refractivity contribution in [3.05, 3.63) is 95.1 Å². The van der Waals surface area contributed by atoms with Crippen LogP contribution in [0.5, 0.6) is 0 Å². The van der Waals surface area contributed by atoms with Gasteiger partial charge in [0, 0.05) is 6.42 Å². The molecule has 4 rings (SSSR count). The van der Waals surface area contributed by atoms with Gasteiger partial charge in [0.1, 0.15) is 0 Å². The summed E-state index contributed by atoms with van der Waals surface area (Å²) in [4.78, 5) is 27.1. The van der Waals surface area contributed by atoms with Gasteiger partial charge < -0.3 is 0 Å². The lowest BCUT2D eigenvalue weighted by atomic mass is 9.94. The molecule has 1 heterocycles. The molecular formula is C25H23N3O2. The molecule has 30 heavy (non-hydrogen) atoms. The van der Waals surface area contributed by atoms with E-state index in [2.05, 4.69) is 10.2 Å². The highest BCUT2D eigenvalue weighted by Crippen LogP contribution is 2.37. The summed E-state index contributed by atoms with van der Waals surface area (Å²) in [5.41, 5.74) is 5.21. The third-order valence-electron chi connectivity index (χ3n) is 5.29. The fourth-order valence-electron chi connectivity index (χ4n) is 3.63. The van der Waals surface area contributed by atoms with Crippen LogP contribution in [0.25, 0.3) is 0 Å². The lowest BCUT2D eigenvalue weighted by Crippen LogP contribution is -2.29. The van der Waals surface area contributed by atoms with Crippen LogP contribution in [0.2, 0.25) is 0 Å². The number of aryl methyl sites for hydroxylation is 2. The van der Waals surface area contributed by atoms with Crippen molar-refractivity contribution < 1.29 is 9.59 Å². The van der Waals surface area contributed by atoms with E-state index in [1.54, 1.807) is 0 Å². The van der Waals surface area contributed by atoms with Crippen molar-refractivity contribution in [2.24, 2.45) is 10.2 Å². The van der Waals surface area contributed by atoms with Crippen molar-refractivity contribution >= 4 is 23.2 Å². The summed E-state index contributed by atoms with van der Waals surface area (Å²) in [6, 6.07) is 23.1. The largest absolute Gasteiger partial charge is 0.278 e. The van der Waals surface area contributed by atoms with E-state index in [9.17, 15) is 9.59 Å². The molecule has 1 atom stereocenters. The zero-order chi connectivity index (χ0) is 21.1. The Bertz CT molecular complexity index is 1100. The normalized spacial score (nSPS) is 16.6. The molecular weight excluding hydrogens is 374 g/mol. The highest BCUT2D eigenvalue weighted by molar-refractivity contribution is 6.06. The van der Waals surface area contributed by atoms with E-state index in [4.69, 9.17) is 0 Å². The van der Waals surface area contributed by atoms with E-state index >= 15 is 0 Å². The minimum atomic E-state index is -0.534. The van der Waals surface area contributed by atoms with E-state index in [-0.39, 0.29) is 18.2 Å². The fraction of sp³-hybridized carbons (Fsp3) is 0.200. The maximum atomic E-state index is 13.1. The molecule has 1 unspecified atom stereocenters. The van der Waals surface area contributed by atoms with Crippen LogP contribution in [0.1, 0.15) is 34.6 Å². The van der Waals surface area contributed by atoms with Crippen LogP contribution < -0.4 is 0 Å². The van der Waals surface area contributed by atoms with Crippen molar-refractivity contribution in [1.29, 1.82) is 0 Å². The van der Waals surface area contributed by atoms with Gasteiger partial charge in [-0.25, -0.2) is 0 Å². The molecule has 0 bridgehead atoms. The highest BCUT2D eigenvalue weighted by Gasteiger charge is 2.40. The molecule has 3 aromatic rings. The number of hydrogen-bond acceptors (Lipinski definition) is 4. The maximum Gasteiger partial charge on any atom is 0.237 e. The third-order valence-corrected chi connectivity index (χ3v) is 5.29. The first-order valence-electron chi connectivity index (χ1n) is 9.98. The van der Waals surface area contributed by atoms with Crippen LogP contribution >= 0.6 is 0 Å². The molecule has 3 aromatic carbocycles. The Hall–Kier alpha value is -3.60. The number of imide groups is 1. The van der Waals surface area contributed by atoms with Gasteiger partial charge in [0.2, 0.25) is 11.8 Å². The van der Waals surface area contributed by atoms with Crippen molar-refractivity contribution in [3.63, 3.8) is 0 Å². The molecule has 150 valence electrons. The molecule has 0 saturated carbocycles. The SMILES string of the molecule is Cc1ccc(N=Nc2ccc(C)cc2C2CC(=O)N(Cc3ccccc3)C2=O)cc1. The first-order valence-corrected chi connectivity index (χ1v) is 9.98. The van der Waals surface area contributed by atoms with E-state index in [0.717, 1.165) is 27.9 Å². The van der Waals surface area contributed by atoms with E-state index in [0.29, 0.717) is 12.2 Å². The van der Waals surface area contributed by atoms with Crippen LogP contribution in [-0.2, 0) is 16.1 Å². The molecule has 1 saturated heterocycles. The van der Waals surface area contributed by atoms with Gasteiger partial charge >= 0.3 is 0 Å². The average molecular weight is 397 g/mol. The zero-order valence-corrected chi connectivity index (χ0v) is 17.1. The quantitative estimate of drug-likeness (QED) is 0.406. The summed E-state index contributed by atoms with van der Waals surface area (Å²) < 4.78 is 0. The van der Waals surface area contributed by atoms with Crippen LogP contribution in [0.4, 0.5) is 11.4 Å². The Morgan fingerprint density at radius 3 is 2.30 bits per heavy atom. The number of amides is 2. The Balaban J connectivity index is 1.61. The number of carbonyl (C=O) groups excluding carboxylic acids is 2. The second kappa shape index (κ2) is 8.41. The molecule has 0 aliphatic carbocycles. The topological polar surface area (TPSA) is 62.1 Å². The Morgan fingerprint density at radius 1 is 0.867 bits per heavy atom. The minimum Gasteiger partial charge on any atom is -0.278 e. The Morgan fingerprint density at radius 2 is 1.57 bits per heavy atom. The molecule has 5 nitrogen and oxygen atoms in total. The van der Waals surface area contributed by atoms with Crippen molar-refractivity contribution in [3.8, 4) is 0 Å². The lowest BCUT2D eigenvalue weighted by molar-refractivity contribution is -0.139. The van der Waals surface area contributed by atoms with E-state index < -0.39 is 5.92 Å². The van der Waals surface area contributed by atoms with Gasteiger partial charge in [0.25, 0.3) is 0 Å². The second-order valence-corrected chi connectivity index (χ2v) is 7.66. The summed E-state index contributed by atoms with van der Waals surface area (Å²) in [7, 11) is 0. The third kappa shape index (κ3) is 4.20. The number of likely N-dealkylation sites (tertiary alicyclic amines) is 1. The summed E-state index contributed by atoms with van der Waals surface area (Å²) in [6.45, 7) is 4.28. The van der Waals surface area contributed by atoms with Crippen molar-refractivity contribution in [1.82, 2.24) is 4.90 Å². The smallest absolute Gasteiger partial charge is 0.237 e. The van der Waals surface area contributed by atoms with Gasteiger partial charge in [-0.1, -0.05) is 65.7 Å². The molecule has 0 N–H and O–H groups in total. The van der Waals surface area contributed by atoms with Crippen LogP contribution in [0.15, 0.2) is 83.0 Å². The summed E-state index contributed by atoms with van der Waals surface area (Å²) in [5, 5.41) is 8.73. The predicted molar refractivity (Wildman–Crippen MR) is 116 cm³/mol. The van der Waals surface area contributed by atoms with Gasteiger partial charge in [0.15, 0.2) is 0 Å². The number of benzene rings is 3. The minimum absolute atomic E-state index is 0.155. The van der Waals surface area contributed by atoms with Gasteiger partial charge in [-0.05, 0) is 43.2 Å². The average Bonchev–Trinajstić information content (AvgIpc) is 3.03. The molecule has 0 spiro atoms. The van der Waals surface area contributed by atoms with Gasteiger partial charge in [-0.3, -0.25) is 14.5 Å².